The smallest absolute Gasteiger partial charge is 0.344 e. The van der Waals surface area contributed by atoms with Crippen molar-refractivity contribution in [1.29, 1.82) is 0 Å². The number of para-hydroxylation sites is 1. The van der Waals surface area contributed by atoms with Crippen LogP contribution < -0.4 is 19.8 Å². The summed E-state index contributed by atoms with van der Waals surface area (Å²) in [6.07, 6.45) is 0.826. The van der Waals surface area contributed by atoms with Crippen molar-refractivity contribution in [2.45, 2.75) is 26.0 Å². The van der Waals surface area contributed by atoms with Gasteiger partial charge in [0.05, 0.1) is 17.6 Å². The van der Waals surface area contributed by atoms with Gasteiger partial charge in [0.15, 0.2) is 11.5 Å². The summed E-state index contributed by atoms with van der Waals surface area (Å²) in [5, 5.41) is 0.839. The van der Waals surface area contributed by atoms with Gasteiger partial charge in [-0.15, -0.1) is 0 Å². The van der Waals surface area contributed by atoms with Crippen molar-refractivity contribution in [1.82, 2.24) is 4.90 Å². The van der Waals surface area contributed by atoms with Gasteiger partial charge in [-0.25, -0.2) is 4.79 Å². The summed E-state index contributed by atoms with van der Waals surface area (Å²) in [6.45, 7) is 4.60. The summed E-state index contributed by atoms with van der Waals surface area (Å²) in [5.41, 5.74) is 1.85. The number of fused-ring (bicyclic) bond motifs is 4. The maximum Gasteiger partial charge on any atom is 0.344 e. The minimum atomic E-state index is -0.333. The Morgan fingerprint density at radius 2 is 1.97 bits per heavy atom. The highest BCUT2D eigenvalue weighted by atomic mass is 16.7. The molecule has 1 atom stereocenters. The van der Waals surface area contributed by atoms with Crippen LogP contribution in [-0.4, -0.2) is 31.6 Å². The van der Waals surface area contributed by atoms with Crippen LogP contribution in [0.3, 0.4) is 0 Å². The van der Waals surface area contributed by atoms with Gasteiger partial charge < -0.3 is 23.4 Å². The Bertz CT molecular complexity index is 1120. The quantitative estimate of drug-likeness (QED) is 0.452. The highest BCUT2D eigenvalue weighted by Gasteiger charge is 2.30. The van der Waals surface area contributed by atoms with Crippen LogP contribution in [0.4, 0.5) is 0 Å². The molecule has 0 saturated carbocycles. The van der Waals surface area contributed by atoms with Crippen molar-refractivity contribution in [3.05, 3.63) is 64.0 Å². The van der Waals surface area contributed by atoms with Crippen LogP contribution >= 0.6 is 0 Å². The fourth-order valence-corrected chi connectivity index (χ4v) is 3.94. The largest absolute Gasteiger partial charge is 0.477 e. The van der Waals surface area contributed by atoms with E-state index in [1.807, 2.05) is 43.3 Å². The van der Waals surface area contributed by atoms with Crippen LogP contribution in [0.25, 0.3) is 11.0 Å². The molecule has 3 aromatic rings. The lowest BCUT2D eigenvalue weighted by Gasteiger charge is -2.34. The van der Waals surface area contributed by atoms with Gasteiger partial charge in [0.25, 0.3) is 0 Å². The standard InChI is InChI=1S/C23H23NO6/c1-15-21-22(17-5-2-3-6-18(17)30-23(21)25)27-13-24(15)9-4-10-26-12-16-7-8-19-20(11-16)29-14-28-19/h2-3,5-8,11,15H,4,9-10,12-14H2,1H3. The average Bonchev–Trinajstić information content (AvgIpc) is 3.22. The summed E-state index contributed by atoms with van der Waals surface area (Å²) < 4.78 is 28.0. The van der Waals surface area contributed by atoms with Crippen molar-refractivity contribution in [3.8, 4) is 17.2 Å². The van der Waals surface area contributed by atoms with E-state index in [1.54, 1.807) is 6.07 Å². The van der Waals surface area contributed by atoms with Crippen LogP contribution in [0.1, 0.15) is 30.5 Å². The zero-order valence-corrected chi connectivity index (χ0v) is 16.8. The second-order valence-electron chi connectivity index (χ2n) is 7.48. The van der Waals surface area contributed by atoms with Crippen molar-refractivity contribution in [3.63, 3.8) is 0 Å². The fourth-order valence-electron chi connectivity index (χ4n) is 3.94. The molecule has 0 amide bonds. The van der Waals surface area contributed by atoms with E-state index < -0.39 is 0 Å². The number of benzene rings is 2. The molecule has 3 heterocycles. The van der Waals surface area contributed by atoms with Gasteiger partial charge in [-0.05, 0) is 43.2 Å². The van der Waals surface area contributed by atoms with Crippen molar-refractivity contribution in [2.75, 3.05) is 26.7 Å². The van der Waals surface area contributed by atoms with Crippen LogP contribution in [0.2, 0.25) is 0 Å². The summed E-state index contributed by atoms with van der Waals surface area (Å²) in [5.74, 6) is 2.18. The number of hydrogen-bond acceptors (Lipinski definition) is 7. The molecule has 7 nitrogen and oxygen atoms in total. The van der Waals surface area contributed by atoms with E-state index in [9.17, 15) is 4.79 Å². The minimum absolute atomic E-state index is 0.0801. The molecule has 0 saturated heterocycles. The molecule has 0 bridgehead atoms. The van der Waals surface area contributed by atoms with Gasteiger partial charge in [-0.3, -0.25) is 4.90 Å². The van der Waals surface area contributed by atoms with Crippen molar-refractivity contribution < 1.29 is 23.4 Å². The summed E-state index contributed by atoms with van der Waals surface area (Å²) in [4.78, 5) is 14.7. The Kier molecular flexibility index (Phi) is 5.06. The number of rotatable bonds is 6. The molecule has 0 spiro atoms. The van der Waals surface area contributed by atoms with Crippen LogP contribution in [0, 0.1) is 0 Å². The zero-order valence-electron chi connectivity index (χ0n) is 16.8. The molecule has 2 aliphatic heterocycles. The molecule has 0 radical (unpaired) electrons. The molecule has 7 heteroatoms. The van der Waals surface area contributed by atoms with Crippen LogP contribution in [-0.2, 0) is 11.3 Å². The molecule has 2 aromatic carbocycles. The van der Waals surface area contributed by atoms with E-state index in [0.717, 1.165) is 35.4 Å². The van der Waals surface area contributed by atoms with E-state index in [1.165, 1.54) is 0 Å². The highest BCUT2D eigenvalue weighted by Crippen LogP contribution is 2.37. The first-order valence-corrected chi connectivity index (χ1v) is 10.1. The zero-order chi connectivity index (χ0) is 20.5. The first-order valence-electron chi connectivity index (χ1n) is 10.1. The number of hydrogen-bond donors (Lipinski definition) is 0. The van der Waals surface area contributed by atoms with E-state index in [2.05, 4.69) is 4.90 Å². The normalized spacial score (nSPS) is 17.7. The maximum atomic E-state index is 12.5. The van der Waals surface area contributed by atoms with Gasteiger partial charge in [-0.1, -0.05) is 18.2 Å². The predicted octanol–water partition coefficient (Wildman–Crippen LogP) is 3.84. The van der Waals surface area contributed by atoms with E-state index in [4.69, 9.17) is 23.4 Å². The molecular formula is C23H23NO6. The third-order valence-electron chi connectivity index (χ3n) is 5.58. The molecule has 1 unspecified atom stereocenters. The van der Waals surface area contributed by atoms with Crippen LogP contribution in [0.15, 0.2) is 51.7 Å². The number of ether oxygens (including phenoxy) is 4. The second kappa shape index (κ2) is 8.01. The third kappa shape index (κ3) is 3.51. The maximum absolute atomic E-state index is 12.5. The molecule has 30 heavy (non-hydrogen) atoms. The Hall–Kier alpha value is -3.03. The molecule has 0 fully saturated rings. The summed E-state index contributed by atoms with van der Waals surface area (Å²) in [6, 6.07) is 13.2. The number of nitrogens with zero attached hydrogens (tertiary/aromatic N) is 1. The third-order valence-corrected chi connectivity index (χ3v) is 5.58. The molecule has 1 aromatic heterocycles. The second-order valence-corrected chi connectivity index (χ2v) is 7.48. The molecule has 2 aliphatic rings. The summed E-state index contributed by atoms with van der Waals surface area (Å²) >= 11 is 0. The predicted molar refractivity (Wildman–Crippen MR) is 110 cm³/mol. The molecule has 0 N–H and O–H groups in total. The van der Waals surface area contributed by atoms with Gasteiger partial charge >= 0.3 is 5.63 Å². The van der Waals surface area contributed by atoms with E-state index in [-0.39, 0.29) is 18.5 Å². The Morgan fingerprint density at radius 3 is 2.90 bits per heavy atom. The Balaban J connectivity index is 1.17. The monoisotopic (exact) mass is 409 g/mol. The van der Waals surface area contributed by atoms with E-state index in [0.29, 0.717) is 36.8 Å². The summed E-state index contributed by atoms with van der Waals surface area (Å²) in [7, 11) is 0. The van der Waals surface area contributed by atoms with Crippen molar-refractivity contribution in [2.24, 2.45) is 0 Å². The lowest BCUT2D eigenvalue weighted by Crippen LogP contribution is -2.39. The molecule has 0 aliphatic carbocycles. The van der Waals surface area contributed by atoms with Crippen LogP contribution in [0.5, 0.6) is 17.2 Å². The van der Waals surface area contributed by atoms with Gasteiger partial charge in [-0.2, -0.15) is 0 Å². The Morgan fingerprint density at radius 1 is 1.10 bits per heavy atom. The molecular weight excluding hydrogens is 386 g/mol. The van der Waals surface area contributed by atoms with Crippen molar-refractivity contribution >= 4 is 11.0 Å². The molecule has 5 rings (SSSR count). The first kappa shape index (κ1) is 19.0. The minimum Gasteiger partial charge on any atom is -0.477 e. The van der Waals surface area contributed by atoms with E-state index >= 15 is 0 Å². The van der Waals surface area contributed by atoms with Gasteiger partial charge in [0.2, 0.25) is 6.79 Å². The Labute approximate surface area is 173 Å². The molecule has 156 valence electrons. The van der Waals surface area contributed by atoms with Gasteiger partial charge in [0, 0.05) is 19.2 Å². The average molecular weight is 409 g/mol. The highest BCUT2D eigenvalue weighted by molar-refractivity contribution is 5.84. The fraction of sp³-hybridized carbons (Fsp3) is 0.348. The lowest BCUT2D eigenvalue weighted by atomic mass is 10.0. The SMILES string of the molecule is CC1c2c(c3ccccc3oc2=O)OCN1CCCOCc1ccc2c(c1)OCO2. The lowest BCUT2D eigenvalue weighted by molar-refractivity contribution is 0.0474. The topological polar surface area (TPSA) is 70.4 Å². The first-order chi connectivity index (χ1) is 14.7. The van der Waals surface area contributed by atoms with Gasteiger partial charge in [0.1, 0.15) is 18.1 Å².